The molecule has 152 valence electrons. The Hall–Kier alpha value is -2.96. The third kappa shape index (κ3) is 4.30. The number of hydrogen-bond acceptors (Lipinski definition) is 5. The molecule has 0 unspecified atom stereocenters. The van der Waals surface area contributed by atoms with Gasteiger partial charge in [0, 0.05) is 34.1 Å². The summed E-state index contributed by atoms with van der Waals surface area (Å²) >= 11 is 7.78. The minimum atomic E-state index is -0.0856. The lowest BCUT2D eigenvalue weighted by molar-refractivity contribution is -0.115. The van der Waals surface area contributed by atoms with Crippen molar-refractivity contribution in [3.8, 4) is 11.1 Å². The van der Waals surface area contributed by atoms with Crippen LogP contribution in [0.3, 0.4) is 0 Å². The Morgan fingerprint density at radius 2 is 1.90 bits per heavy atom. The molecule has 0 spiro atoms. The third-order valence-corrected chi connectivity index (χ3v) is 6.25. The highest BCUT2D eigenvalue weighted by Crippen LogP contribution is 2.40. The summed E-state index contributed by atoms with van der Waals surface area (Å²) in [5, 5.41) is 7.83. The molecule has 7 heteroatoms. The SMILES string of the molecule is Cc1ccc(NC(=O)CCNc2ncnc3sc(C)c(-c4ccccc4)c23)cc1Cl. The summed E-state index contributed by atoms with van der Waals surface area (Å²) in [6.07, 6.45) is 1.87. The van der Waals surface area contributed by atoms with Crippen molar-refractivity contribution >= 4 is 50.6 Å². The molecule has 0 aliphatic rings. The van der Waals surface area contributed by atoms with E-state index < -0.39 is 0 Å². The fraction of sp³-hybridized carbons (Fsp3) is 0.174. The molecule has 4 aromatic rings. The van der Waals surface area contributed by atoms with Crippen LogP contribution in [-0.2, 0) is 4.79 Å². The van der Waals surface area contributed by atoms with Gasteiger partial charge in [-0.3, -0.25) is 4.79 Å². The largest absolute Gasteiger partial charge is 0.369 e. The molecule has 0 bridgehead atoms. The Balaban J connectivity index is 1.49. The molecule has 0 aliphatic carbocycles. The maximum atomic E-state index is 12.3. The second kappa shape index (κ2) is 8.81. The number of hydrogen-bond donors (Lipinski definition) is 2. The lowest BCUT2D eigenvalue weighted by atomic mass is 10.0. The van der Waals surface area contributed by atoms with Crippen LogP contribution in [0.15, 0.2) is 54.9 Å². The lowest BCUT2D eigenvalue weighted by Crippen LogP contribution is -2.16. The van der Waals surface area contributed by atoms with Gasteiger partial charge in [-0.1, -0.05) is 48.0 Å². The van der Waals surface area contributed by atoms with Gasteiger partial charge in [0.2, 0.25) is 5.91 Å². The molecular formula is C23H21ClN4OS. The van der Waals surface area contributed by atoms with Gasteiger partial charge in [-0.15, -0.1) is 11.3 Å². The van der Waals surface area contributed by atoms with E-state index in [0.29, 0.717) is 23.7 Å². The predicted molar refractivity (Wildman–Crippen MR) is 126 cm³/mol. The topological polar surface area (TPSA) is 66.9 Å². The minimum absolute atomic E-state index is 0.0856. The van der Waals surface area contributed by atoms with Crippen LogP contribution in [0, 0.1) is 13.8 Å². The van der Waals surface area contributed by atoms with Gasteiger partial charge in [-0.2, -0.15) is 0 Å². The number of nitrogens with zero attached hydrogens (tertiary/aromatic N) is 2. The normalized spacial score (nSPS) is 10.9. The maximum Gasteiger partial charge on any atom is 0.226 e. The number of benzene rings is 2. The van der Waals surface area contributed by atoms with E-state index in [2.05, 4.69) is 39.7 Å². The molecule has 0 aliphatic heterocycles. The first-order chi connectivity index (χ1) is 14.5. The molecule has 0 atom stereocenters. The van der Waals surface area contributed by atoms with Gasteiger partial charge in [-0.25, -0.2) is 9.97 Å². The van der Waals surface area contributed by atoms with Crippen LogP contribution in [0.5, 0.6) is 0 Å². The Kier molecular flexibility index (Phi) is 5.97. The van der Waals surface area contributed by atoms with Gasteiger partial charge in [-0.05, 0) is 37.1 Å². The van der Waals surface area contributed by atoms with E-state index in [9.17, 15) is 4.79 Å². The van der Waals surface area contributed by atoms with Crippen molar-refractivity contribution in [1.29, 1.82) is 0 Å². The molecule has 2 aromatic heterocycles. The van der Waals surface area contributed by atoms with Gasteiger partial charge in [0.1, 0.15) is 17.0 Å². The fourth-order valence-corrected chi connectivity index (χ4v) is 4.51. The van der Waals surface area contributed by atoms with Crippen LogP contribution < -0.4 is 10.6 Å². The molecule has 0 saturated heterocycles. The Labute approximate surface area is 184 Å². The number of nitrogens with one attached hydrogen (secondary N) is 2. The van der Waals surface area contributed by atoms with Crippen molar-refractivity contribution in [3.63, 3.8) is 0 Å². The van der Waals surface area contributed by atoms with Crippen molar-refractivity contribution in [2.24, 2.45) is 0 Å². The molecule has 0 saturated carbocycles. The Morgan fingerprint density at radius 3 is 2.67 bits per heavy atom. The standard InChI is InChI=1S/C23H21ClN4OS/c1-14-8-9-17(12-18(14)24)28-19(29)10-11-25-22-21-20(16-6-4-3-5-7-16)15(2)30-23(21)27-13-26-22/h3-9,12-13H,10-11H2,1-2H3,(H,28,29)(H,25,26,27). The predicted octanol–water partition coefficient (Wildman–Crippen LogP) is 6.07. The van der Waals surface area contributed by atoms with Gasteiger partial charge >= 0.3 is 0 Å². The van der Waals surface area contributed by atoms with Crippen LogP contribution in [-0.4, -0.2) is 22.4 Å². The van der Waals surface area contributed by atoms with E-state index in [1.807, 2.05) is 37.3 Å². The number of amides is 1. The highest BCUT2D eigenvalue weighted by atomic mass is 35.5. The summed E-state index contributed by atoms with van der Waals surface area (Å²) in [5.41, 5.74) is 3.94. The number of fused-ring (bicyclic) bond motifs is 1. The Morgan fingerprint density at radius 1 is 1.10 bits per heavy atom. The highest BCUT2D eigenvalue weighted by Gasteiger charge is 2.16. The average molecular weight is 437 g/mol. The van der Waals surface area contributed by atoms with Gasteiger partial charge in [0.05, 0.1) is 5.39 Å². The van der Waals surface area contributed by atoms with E-state index >= 15 is 0 Å². The summed E-state index contributed by atoms with van der Waals surface area (Å²) in [7, 11) is 0. The molecule has 2 aromatic carbocycles. The highest BCUT2D eigenvalue weighted by molar-refractivity contribution is 7.19. The molecule has 2 heterocycles. The minimum Gasteiger partial charge on any atom is -0.369 e. The summed E-state index contributed by atoms with van der Waals surface area (Å²) in [6.45, 7) is 4.48. The zero-order valence-corrected chi connectivity index (χ0v) is 18.3. The van der Waals surface area contributed by atoms with Crippen molar-refractivity contribution in [3.05, 3.63) is 70.3 Å². The third-order valence-electron chi connectivity index (χ3n) is 4.83. The first-order valence-corrected chi connectivity index (χ1v) is 10.8. The number of thiophene rings is 1. The van der Waals surface area contributed by atoms with E-state index in [-0.39, 0.29) is 5.91 Å². The molecule has 5 nitrogen and oxygen atoms in total. The monoisotopic (exact) mass is 436 g/mol. The van der Waals surface area contributed by atoms with Crippen LogP contribution >= 0.6 is 22.9 Å². The smallest absolute Gasteiger partial charge is 0.226 e. The van der Waals surface area contributed by atoms with Crippen LogP contribution in [0.1, 0.15) is 16.9 Å². The van der Waals surface area contributed by atoms with Crippen molar-refractivity contribution in [1.82, 2.24) is 9.97 Å². The molecule has 2 N–H and O–H groups in total. The summed E-state index contributed by atoms with van der Waals surface area (Å²) in [5.74, 6) is 0.659. The second-order valence-corrected chi connectivity index (χ2v) is 8.60. The quantitative estimate of drug-likeness (QED) is 0.385. The lowest BCUT2D eigenvalue weighted by Gasteiger charge is -2.10. The first kappa shape index (κ1) is 20.3. The van der Waals surface area contributed by atoms with Gasteiger partial charge in [0.15, 0.2) is 0 Å². The molecule has 0 radical (unpaired) electrons. The number of anilines is 2. The number of aryl methyl sites for hydroxylation is 2. The van der Waals surface area contributed by atoms with Crippen molar-refractivity contribution in [2.75, 3.05) is 17.2 Å². The number of carbonyl (C=O) groups excluding carboxylic acids is 1. The zero-order chi connectivity index (χ0) is 21.1. The van der Waals surface area contributed by atoms with Crippen molar-refractivity contribution < 1.29 is 4.79 Å². The summed E-state index contributed by atoms with van der Waals surface area (Å²) in [6, 6.07) is 15.7. The fourth-order valence-electron chi connectivity index (χ4n) is 3.32. The summed E-state index contributed by atoms with van der Waals surface area (Å²) in [4.78, 5) is 23.3. The van der Waals surface area contributed by atoms with Gasteiger partial charge in [0.25, 0.3) is 0 Å². The molecule has 4 rings (SSSR count). The number of halogens is 1. The van der Waals surface area contributed by atoms with E-state index in [1.165, 1.54) is 4.88 Å². The van der Waals surface area contributed by atoms with E-state index in [4.69, 9.17) is 11.6 Å². The van der Waals surface area contributed by atoms with E-state index in [0.717, 1.165) is 32.7 Å². The Bertz CT molecular complexity index is 1210. The van der Waals surface area contributed by atoms with Crippen LogP contribution in [0.4, 0.5) is 11.5 Å². The summed E-state index contributed by atoms with van der Waals surface area (Å²) < 4.78 is 0. The maximum absolute atomic E-state index is 12.3. The van der Waals surface area contributed by atoms with Crippen LogP contribution in [0.2, 0.25) is 5.02 Å². The van der Waals surface area contributed by atoms with E-state index in [1.54, 1.807) is 23.7 Å². The molecular weight excluding hydrogens is 416 g/mol. The first-order valence-electron chi connectivity index (χ1n) is 9.62. The number of aromatic nitrogens is 2. The average Bonchev–Trinajstić information content (AvgIpc) is 3.08. The molecule has 1 amide bonds. The van der Waals surface area contributed by atoms with Crippen LogP contribution in [0.25, 0.3) is 21.3 Å². The molecule has 0 fully saturated rings. The number of carbonyl (C=O) groups is 1. The zero-order valence-electron chi connectivity index (χ0n) is 16.7. The second-order valence-electron chi connectivity index (χ2n) is 6.99. The molecule has 30 heavy (non-hydrogen) atoms. The van der Waals surface area contributed by atoms with Gasteiger partial charge < -0.3 is 10.6 Å². The number of rotatable bonds is 6. The van der Waals surface area contributed by atoms with Crippen molar-refractivity contribution in [2.45, 2.75) is 20.3 Å².